The zero-order chi connectivity index (χ0) is 14.5. The highest BCUT2D eigenvalue weighted by molar-refractivity contribution is 5.48. The standard InChI is InChI=1S/C17H26N2O2/c20-17(7-11-21-12-8-17)14-18-13-15-3-5-16(6-4-15)19-9-1-2-10-19/h3-6,18,20H,1-2,7-14H2. The summed E-state index contributed by atoms with van der Waals surface area (Å²) in [4.78, 5) is 2.45. The van der Waals surface area contributed by atoms with Gasteiger partial charge in [0.25, 0.3) is 0 Å². The van der Waals surface area contributed by atoms with Crippen LogP contribution in [-0.4, -0.2) is 43.6 Å². The second-order valence-electron chi connectivity index (χ2n) is 6.30. The Bertz CT molecular complexity index is 435. The fraction of sp³-hybridized carbons (Fsp3) is 0.647. The summed E-state index contributed by atoms with van der Waals surface area (Å²) in [6.07, 6.45) is 4.08. The maximum atomic E-state index is 10.4. The summed E-state index contributed by atoms with van der Waals surface area (Å²) in [5.74, 6) is 0. The van der Waals surface area contributed by atoms with Crippen LogP contribution in [0, 0.1) is 0 Å². The van der Waals surface area contributed by atoms with Gasteiger partial charge in [-0.15, -0.1) is 0 Å². The maximum absolute atomic E-state index is 10.4. The molecule has 2 fully saturated rings. The first-order chi connectivity index (χ1) is 10.3. The van der Waals surface area contributed by atoms with Crippen molar-refractivity contribution in [2.45, 2.75) is 37.8 Å². The smallest absolute Gasteiger partial charge is 0.0815 e. The molecule has 2 heterocycles. The van der Waals surface area contributed by atoms with Crippen LogP contribution in [0.25, 0.3) is 0 Å². The second kappa shape index (κ2) is 6.77. The molecule has 0 saturated carbocycles. The predicted molar refractivity (Wildman–Crippen MR) is 84.6 cm³/mol. The van der Waals surface area contributed by atoms with E-state index >= 15 is 0 Å². The molecule has 116 valence electrons. The number of nitrogens with one attached hydrogen (secondary N) is 1. The van der Waals surface area contributed by atoms with Gasteiger partial charge in [-0.05, 0) is 30.5 Å². The number of aliphatic hydroxyl groups is 1. The molecular formula is C17H26N2O2. The summed E-state index contributed by atoms with van der Waals surface area (Å²) in [6, 6.07) is 8.81. The lowest BCUT2D eigenvalue weighted by atomic mass is 9.94. The molecule has 0 aromatic heterocycles. The molecule has 0 atom stereocenters. The van der Waals surface area contributed by atoms with E-state index in [1.165, 1.54) is 37.2 Å². The molecule has 0 aliphatic carbocycles. The molecule has 1 aromatic rings. The van der Waals surface area contributed by atoms with Gasteiger partial charge in [-0.2, -0.15) is 0 Å². The van der Waals surface area contributed by atoms with Gasteiger partial charge in [0, 0.05) is 57.9 Å². The first-order valence-corrected chi connectivity index (χ1v) is 8.10. The number of ether oxygens (including phenoxy) is 1. The van der Waals surface area contributed by atoms with Crippen molar-refractivity contribution in [2.75, 3.05) is 37.7 Å². The molecule has 0 radical (unpaired) electrons. The average molecular weight is 290 g/mol. The number of nitrogens with zero attached hydrogens (tertiary/aromatic N) is 1. The van der Waals surface area contributed by atoms with Gasteiger partial charge in [-0.25, -0.2) is 0 Å². The highest BCUT2D eigenvalue weighted by atomic mass is 16.5. The molecule has 2 aliphatic rings. The zero-order valence-electron chi connectivity index (χ0n) is 12.7. The Morgan fingerprint density at radius 3 is 2.43 bits per heavy atom. The van der Waals surface area contributed by atoms with Gasteiger partial charge in [0.2, 0.25) is 0 Å². The molecule has 0 spiro atoms. The fourth-order valence-electron chi connectivity index (χ4n) is 3.17. The Hall–Kier alpha value is -1.10. The van der Waals surface area contributed by atoms with Crippen LogP contribution in [0.2, 0.25) is 0 Å². The minimum Gasteiger partial charge on any atom is -0.388 e. The van der Waals surface area contributed by atoms with E-state index in [-0.39, 0.29) is 0 Å². The van der Waals surface area contributed by atoms with Crippen LogP contribution in [0.4, 0.5) is 5.69 Å². The minimum atomic E-state index is -0.590. The van der Waals surface area contributed by atoms with E-state index < -0.39 is 5.60 Å². The third-order valence-corrected chi connectivity index (χ3v) is 4.61. The summed E-state index contributed by atoms with van der Waals surface area (Å²) in [5.41, 5.74) is 2.02. The zero-order valence-corrected chi connectivity index (χ0v) is 12.7. The van der Waals surface area contributed by atoms with Crippen molar-refractivity contribution in [1.82, 2.24) is 5.32 Å². The van der Waals surface area contributed by atoms with E-state index in [2.05, 4.69) is 34.5 Å². The van der Waals surface area contributed by atoms with Crippen molar-refractivity contribution in [1.29, 1.82) is 0 Å². The van der Waals surface area contributed by atoms with E-state index in [9.17, 15) is 5.11 Å². The Morgan fingerprint density at radius 1 is 1.10 bits per heavy atom. The lowest BCUT2D eigenvalue weighted by Gasteiger charge is -2.32. The van der Waals surface area contributed by atoms with Crippen molar-refractivity contribution in [3.8, 4) is 0 Å². The Labute approximate surface area is 127 Å². The van der Waals surface area contributed by atoms with Gasteiger partial charge in [-0.1, -0.05) is 12.1 Å². The largest absolute Gasteiger partial charge is 0.388 e. The molecule has 0 amide bonds. The van der Waals surface area contributed by atoms with Gasteiger partial charge in [0.15, 0.2) is 0 Å². The van der Waals surface area contributed by atoms with Gasteiger partial charge < -0.3 is 20.1 Å². The predicted octanol–water partition coefficient (Wildman–Crippen LogP) is 1.92. The monoisotopic (exact) mass is 290 g/mol. The molecule has 1 aromatic carbocycles. The Morgan fingerprint density at radius 2 is 1.76 bits per heavy atom. The normalized spacial score (nSPS) is 21.7. The minimum absolute atomic E-state index is 0.590. The molecule has 2 aliphatic heterocycles. The molecule has 2 saturated heterocycles. The van der Waals surface area contributed by atoms with Crippen LogP contribution in [0.3, 0.4) is 0 Å². The summed E-state index contributed by atoms with van der Waals surface area (Å²) in [6.45, 7) is 5.17. The quantitative estimate of drug-likeness (QED) is 0.869. The first-order valence-electron chi connectivity index (χ1n) is 8.10. The van der Waals surface area contributed by atoms with E-state index in [1.807, 2.05) is 0 Å². The Kier molecular flexibility index (Phi) is 4.78. The maximum Gasteiger partial charge on any atom is 0.0815 e. The topological polar surface area (TPSA) is 44.7 Å². The van der Waals surface area contributed by atoms with Crippen molar-refractivity contribution >= 4 is 5.69 Å². The van der Waals surface area contributed by atoms with Crippen molar-refractivity contribution in [2.24, 2.45) is 0 Å². The van der Waals surface area contributed by atoms with E-state index in [0.717, 1.165) is 19.4 Å². The fourth-order valence-corrected chi connectivity index (χ4v) is 3.17. The number of anilines is 1. The highest BCUT2D eigenvalue weighted by Gasteiger charge is 2.29. The summed E-state index contributed by atoms with van der Waals surface area (Å²) < 4.78 is 5.30. The lowest BCUT2D eigenvalue weighted by molar-refractivity contribution is -0.0617. The number of hydrogen-bond donors (Lipinski definition) is 2. The van der Waals surface area contributed by atoms with E-state index in [0.29, 0.717) is 19.8 Å². The van der Waals surface area contributed by atoms with Crippen LogP contribution in [0.15, 0.2) is 24.3 Å². The van der Waals surface area contributed by atoms with Crippen LogP contribution in [-0.2, 0) is 11.3 Å². The van der Waals surface area contributed by atoms with Gasteiger partial charge >= 0.3 is 0 Å². The average Bonchev–Trinajstić information content (AvgIpc) is 3.03. The van der Waals surface area contributed by atoms with E-state index in [4.69, 9.17) is 4.74 Å². The molecule has 3 rings (SSSR count). The third kappa shape index (κ3) is 3.96. The highest BCUT2D eigenvalue weighted by Crippen LogP contribution is 2.21. The van der Waals surface area contributed by atoms with E-state index in [1.54, 1.807) is 0 Å². The van der Waals surface area contributed by atoms with Gasteiger partial charge in [-0.3, -0.25) is 0 Å². The van der Waals surface area contributed by atoms with Gasteiger partial charge in [0.05, 0.1) is 5.60 Å². The van der Waals surface area contributed by atoms with Crippen LogP contribution in [0.5, 0.6) is 0 Å². The van der Waals surface area contributed by atoms with Crippen LogP contribution >= 0.6 is 0 Å². The molecular weight excluding hydrogens is 264 g/mol. The van der Waals surface area contributed by atoms with Crippen LogP contribution < -0.4 is 10.2 Å². The summed E-state index contributed by atoms with van der Waals surface area (Å²) >= 11 is 0. The number of hydrogen-bond acceptors (Lipinski definition) is 4. The SMILES string of the molecule is OC1(CNCc2ccc(N3CCCC3)cc2)CCOCC1. The van der Waals surface area contributed by atoms with Crippen LogP contribution in [0.1, 0.15) is 31.2 Å². The molecule has 0 bridgehead atoms. The molecule has 21 heavy (non-hydrogen) atoms. The molecule has 2 N–H and O–H groups in total. The second-order valence-corrected chi connectivity index (χ2v) is 6.30. The first kappa shape index (κ1) is 14.8. The van der Waals surface area contributed by atoms with Crippen molar-refractivity contribution in [3.63, 3.8) is 0 Å². The van der Waals surface area contributed by atoms with Gasteiger partial charge in [0.1, 0.15) is 0 Å². The molecule has 4 nitrogen and oxygen atoms in total. The Balaban J connectivity index is 1.46. The lowest BCUT2D eigenvalue weighted by Crippen LogP contribution is -2.44. The number of rotatable bonds is 5. The van der Waals surface area contributed by atoms with Crippen molar-refractivity contribution in [3.05, 3.63) is 29.8 Å². The summed E-state index contributed by atoms with van der Waals surface area (Å²) in [7, 11) is 0. The van der Waals surface area contributed by atoms with Crippen molar-refractivity contribution < 1.29 is 9.84 Å². The molecule has 0 unspecified atom stereocenters. The molecule has 4 heteroatoms. The summed E-state index contributed by atoms with van der Waals surface area (Å²) in [5, 5.41) is 13.8. The third-order valence-electron chi connectivity index (χ3n) is 4.61. The number of benzene rings is 1.